The maximum absolute atomic E-state index is 12.4. The molecule has 0 aliphatic carbocycles. The summed E-state index contributed by atoms with van der Waals surface area (Å²) in [6.07, 6.45) is 1.66. The van der Waals surface area contributed by atoms with Gasteiger partial charge in [0.2, 0.25) is 0 Å². The van der Waals surface area contributed by atoms with E-state index in [-0.39, 0.29) is 16.6 Å². The summed E-state index contributed by atoms with van der Waals surface area (Å²) in [4.78, 5) is 12.2. The van der Waals surface area contributed by atoms with Crippen LogP contribution in [0.2, 0.25) is 0 Å². The van der Waals surface area contributed by atoms with Crippen molar-refractivity contribution in [1.82, 2.24) is 5.32 Å². The minimum absolute atomic E-state index is 0.00827. The van der Waals surface area contributed by atoms with Crippen LogP contribution in [-0.2, 0) is 14.9 Å². The van der Waals surface area contributed by atoms with E-state index in [1.165, 1.54) is 49.2 Å². The number of halogens is 1. The molecule has 0 radical (unpaired) electrons. The van der Waals surface area contributed by atoms with Gasteiger partial charge < -0.3 is 14.2 Å². The zero-order chi connectivity index (χ0) is 19.6. The molecule has 1 amide bonds. The van der Waals surface area contributed by atoms with Gasteiger partial charge >= 0.3 is 10.1 Å². The second-order valence-corrected chi connectivity index (χ2v) is 9.37. The second kappa shape index (κ2) is 8.01. The van der Waals surface area contributed by atoms with Crippen LogP contribution in [0.4, 0.5) is 0 Å². The van der Waals surface area contributed by atoms with Crippen molar-refractivity contribution in [1.29, 1.82) is 0 Å². The third-order valence-electron chi connectivity index (χ3n) is 3.44. The van der Waals surface area contributed by atoms with Crippen LogP contribution in [0.3, 0.4) is 0 Å². The smallest absolute Gasteiger partial charge is 0.339 e. The Morgan fingerprint density at radius 2 is 1.89 bits per heavy atom. The van der Waals surface area contributed by atoms with E-state index in [2.05, 4.69) is 21.2 Å². The van der Waals surface area contributed by atoms with Crippen LogP contribution >= 0.6 is 39.9 Å². The lowest BCUT2D eigenvalue weighted by atomic mass is 10.2. The van der Waals surface area contributed by atoms with E-state index in [1.54, 1.807) is 18.2 Å². The molecule has 0 saturated carbocycles. The largest absolute Gasteiger partial charge is 0.497 e. The molecule has 0 atom stereocenters. The van der Waals surface area contributed by atoms with E-state index in [1.807, 2.05) is 0 Å². The Balaban J connectivity index is 1.82. The highest BCUT2D eigenvalue weighted by molar-refractivity contribution is 9.10. The van der Waals surface area contributed by atoms with Crippen molar-refractivity contribution in [2.45, 2.75) is 4.90 Å². The van der Waals surface area contributed by atoms with Crippen LogP contribution < -0.4 is 14.2 Å². The highest BCUT2D eigenvalue weighted by Crippen LogP contribution is 2.32. The summed E-state index contributed by atoms with van der Waals surface area (Å²) in [6, 6.07) is 10.7. The second-order valence-electron chi connectivity index (χ2n) is 5.26. The molecule has 2 aromatic rings. The molecule has 0 unspecified atom stereocenters. The van der Waals surface area contributed by atoms with Crippen molar-refractivity contribution < 1.29 is 22.1 Å². The predicted molar refractivity (Wildman–Crippen MR) is 111 cm³/mol. The van der Waals surface area contributed by atoms with Crippen molar-refractivity contribution in [3.8, 4) is 11.5 Å². The molecule has 1 heterocycles. The third-order valence-corrected chi connectivity index (χ3v) is 6.47. The molecule has 1 N–H and O–H groups in total. The molecule has 1 aliphatic heterocycles. The quantitative estimate of drug-likeness (QED) is 0.392. The highest BCUT2D eigenvalue weighted by atomic mass is 79.9. The van der Waals surface area contributed by atoms with Crippen molar-refractivity contribution >= 4 is 66.3 Å². The van der Waals surface area contributed by atoms with Gasteiger partial charge in [-0.25, -0.2) is 0 Å². The summed E-state index contributed by atoms with van der Waals surface area (Å²) in [5.74, 6) is 0.413. The molecule has 2 aromatic carbocycles. The lowest BCUT2D eigenvalue weighted by Crippen LogP contribution is -2.17. The summed E-state index contributed by atoms with van der Waals surface area (Å²) < 4.78 is 35.9. The fraction of sp³-hybridized carbons (Fsp3) is 0.0588. The Labute approximate surface area is 174 Å². The maximum Gasteiger partial charge on any atom is 0.339 e. The Bertz CT molecular complexity index is 1050. The molecule has 0 bridgehead atoms. The van der Waals surface area contributed by atoms with E-state index in [4.69, 9.17) is 21.1 Å². The Kier molecular flexibility index (Phi) is 5.89. The Morgan fingerprint density at radius 3 is 2.44 bits per heavy atom. The first-order valence-corrected chi connectivity index (χ1v) is 10.8. The topological polar surface area (TPSA) is 81.7 Å². The van der Waals surface area contributed by atoms with Crippen LogP contribution in [0.25, 0.3) is 6.08 Å². The number of thiocarbonyl (C=S) groups is 1. The van der Waals surface area contributed by atoms with Gasteiger partial charge in [0.15, 0.2) is 5.75 Å². The number of hydrogen-bond acceptors (Lipinski definition) is 7. The van der Waals surface area contributed by atoms with Gasteiger partial charge in [-0.1, -0.05) is 30.0 Å². The molecule has 1 fully saturated rings. The molecule has 1 saturated heterocycles. The van der Waals surface area contributed by atoms with E-state index in [0.29, 0.717) is 25.0 Å². The Hall–Kier alpha value is -1.88. The molecule has 10 heteroatoms. The van der Waals surface area contributed by atoms with Crippen molar-refractivity contribution in [3.05, 3.63) is 57.4 Å². The number of ether oxygens (including phenoxy) is 1. The number of rotatable bonds is 5. The van der Waals surface area contributed by atoms with Gasteiger partial charge in [0, 0.05) is 0 Å². The van der Waals surface area contributed by atoms with Gasteiger partial charge in [-0.15, -0.1) is 0 Å². The van der Waals surface area contributed by atoms with Gasteiger partial charge in [-0.2, -0.15) is 8.42 Å². The number of benzene rings is 2. The molecule has 27 heavy (non-hydrogen) atoms. The summed E-state index contributed by atoms with van der Waals surface area (Å²) >= 11 is 9.41. The number of carbonyl (C=O) groups excluding carboxylic acids is 1. The number of methoxy groups -OCH3 is 1. The SMILES string of the molecule is COc1ccc(S(=O)(=O)Oc2ccc(C=C3SC(=S)NC3=O)cc2Br)cc1. The standard InChI is InChI=1S/C17H12BrNO5S3/c1-23-11-3-5-12(6-4-11)27(21,22)24-14-7-2-10(8-13(14)18)9-15-16(20)19-17(25)26-15/h2-9H,1H3,(H,19,20,25). The summed E-state index contributed by atoms with van der Waals surface area (Å²) in [7, 11) is -2.50. The minimum atomic E-state index is -4.00. The number of carbonyl (C=O) groups is 1. The molecular formula is C17H12BrNO5S3. The van der Waals surface area contributed by atoms with Crippen molar-refractivity contribution in [2.24, 2.45) is 0 Å². The van der Waals surface area contributed by atoms with E-state index >= 15 is 0 Å². The van der Waals surface area contributed by atoms with Crippen molar-refractivity contribution in [3.63, 3.8) is 0 Å². The maximum atomic E-state index is 12.4. The Morgan fingerprint density at radius 1 is 1.19 bits per heavy atom. The van der Waals surface area contributed by atoms with Gasteiger partial charge in [0.25, 0.3) is 5.91 Å². The van der Waals surface area contributed by atoms with Crippen LogP contribution in [0.5, 0.6) is 11.5 Å². The number of thioether (sulfide) groups is 1. The summed E-state index contributed by atoms with van der Waals surface area (Å²) in [5, 5.41) is 2.53. The average molecular weight is 486 g/mol. The van der Waals surface area contributed by atoms with Crippen LogP contribution in [0.15, 0.2) is 56.7 Å². The van der Waals surface area contributed by atoms with Crippen molar-refractivity contribution in [2.75, 3.05) is 7.11 Å². The fourth-order valence-corrected chi connectivity index (χ4v) is 4.73. The minimum Gasteiger partial charge on any atom is -0.497 e. The lowest BCUT2D eigenvalue weighted by molar-refractivity contribution is -0.115. The van der Waals surface area contributed by atoms with Gasteiger partial charge in [-0.05, 0) is 64.0 Å². The molecule has 0 spiro atoms. The predicted octanol–water partition coefficient (Wildman–Crippen LogP) is 3.71. The molecule has 0 aromatic heterocycles. The normalized spacial score (nSPS) is 15.7. The van der Waals surface area contributed by atoms with Gasteiger partial charge in [0.1, 0.15) is 15.0 Å². The third kappa shape index (κ3) is 4.70. The zero-order valence-corrected chi connectivity index (χ0v) is 17.8. The fourth-order valence-electron chi connectivity index (χ4n) is 2.16. The van der Waals surface area contributed by atoms with E-state index in [0.717, 1.165) is 0 Å². The summed E-state index contributed by atoms with van der Waals surface area (Å²) in [6.45, 7) is 0. The van der Waals surface area contributed by atoms with Crippen LogP contribution in [0.1, 0.15) is 5.56 Å². The first-order chi connectivity index (χ1) is 12.8. The monoisotopic (exact) mass is 485 g/mol. The molecular weight excluding hydrogens is 474 g/mol. The van der Waals surface area contributed by atoms with E-state index in [9.17, 15) is 13.2 Å². The molecule has 140 valence electrons. The highest BCUT2D eigenvalue weighted by Gasteiger charge is 2.22. The van der Waals surface area contributed by atoms with Gasteiger partial charge in [0.05, 0.1) is 16.5 Å². The van der Waals surface area contributed by atoms with Gasteiger partial charge in [-0.3, -0.25) is 4.79 Å². The molecule has 6 nitrogen and oxygen atoms in total. The number of amides is 1. The molecule has 3 rings (SSSR count). The first-order valence-electron chi connectivity index (χ1n) is 7.41. The average Bonchev–Trinajstić information content (AvgIpc) is 2.94. The lowest BCUT2D eigenvalue weighted by Gasteiger charge is -2.10. The first kappa shape index (κ1) is 19.9. The molecule has 1 aliphatic rings. The van der Waals surface area contributed by atoms with Crippen LogP contribution in [-0.4, -0.2) is 25.8 Å². The van der Waals surface area contributed by atoms with E-state index < -0.39 is 10.1 Å². The number of nitrogens with one attached hydrogen (secondary N) is 1. The van der Waals surface area contributed by atoms with Crippen LogP contribution in [0, 0.1) is 0 Å². The summed E-state index contributed by atoms with van der Waals surface area (Å²) in [5.41, 5.74) is 0.693. The number of hydrogen-bond donors (Lipinski definition) is 1. The zero-order valence-electron chi connectivity index (χ0n) is 13.8.